The second-order valence-corrected chi connectivity index (χ2v) is 7.09. The van der Waals surface area contributed by atoms with Crippen LogP contribution in [0.3, 0.4) is 0 Å². The van der Waals surface area contributed by atoms with Crippen LogP contribution in [0.5, 0.6) is 0 Å². The lowest BCUT2D eigenvalue weighted by molar-refractivity contribution is -0.130. The SMILES string of the molecule is CC1CN(C2CCOC3(CCCCC3)C2)C(C)CN1. The molecule has 0 amide bonds. The van der Waals surface area contributed by atoms with Crippen molar-refractivity contribution in [2.75, 3.05) is 19.7 Å². The third kappa shape index (κ3) is 2.98. The Balaban J connectivity index is 1.66. The number of piperazine rings is 1. The molecule has 2 saturated heterocycles. The smallest absolute Gasteiger partial charge is 0.0697 e. The molecule has 3 aliphatic rings. The number of hydrogen-bond acceptors (Lipinski definition) is 3. The highest BCUT2D eigenvalue weighted by molar-refractivity contribution is 4.95. The highest BCUT2D eigenvalue weighted by Gasteiger charge is 2.41. The highest BCUT2D eigenvalue weighted by Crippen LogP contribution is 2.40. The Bertz CT molecular complexity index is 296. The predicted molar refractivity (Wildman–Crippen MR) is 78.4 cm³/mol. The molecule has 0 aromatic carbocycles. The van der Waals surface area contributed by atoms with Crippen LogP contribution in [0.2, 0.25) is 0 Å². The normalized spacial score (nSPS) is 40.4. The molecule has 1 N–H and O–H groups in total. The van der Waals surface area contributed by atoms with Gasteiger partial charge in [-0.1, -0.05) is 19.3 Å². The second-order valence-electron chi connectivity index (χ2n) is 7.09. The lowest BCUT2D eigenvalue weighted by Gasteiger charge is -2.50. The zero-order chi connectivity index (χ0) is 13.3. The first-order valence-electron chi connectivity index (χ1n) is 8.32. The zero-order valence-corrected chi connectivity index (χ0v) is 12.7. The Morgan fingerprint density at radius 2 is 1.95 bits per heavy atom. The molecule has 1 aliphatic carbocycles. The molecule has 0 bridgehead atoms. The second kappa shape index (κ2) is 5.71. The topological polar surface area (TPSA) is 24.5 Å². The average molecular weight is 266 g/mol. The van der Waals surface area contributed by atoms with Gasteiger partial charge in [0.25, 0.3) is 0 Å². The Hall–Kier alpha value is -0.120. The maximum Gasteiger partial charge on any atom is 0.0697 e. The van der Waals surface area contributed by atoms with Gasteiger partial charge in [-0.15, -0.1) is 0 Å². The van der Waals surface area contributed by atoms with Gasteiger partial charge >= 0.3 is 0 Å². The maximum atomic E-state index is 6.25. The Morgan fingerprint density at radius 1 is 1.16 bits per heavy atom. The van der Waals surface area contributed by atoms with Gasteiger partial charge in [0.1, 0.15) is 0 Å². The first-order valence-corrected chi connectivity index (χ1v) is 8.32. The lowest BCUT2D eigenvalue weighted by atomic mass is 9.77. The summed E-state index contributed by atoms with van der Waals surface area (Å²) in [4.78, 5) is 2.76. The van der Waals surface area contributed by atoms with E-state index in [1.165, 1.54) is 51.5 Å². The van der Waals surface area contributed by atoms with Gasteiger partial charge < -0.3 is 10.1 Å². The van der Waals surface area contributed by atoms with Crippen LogP contribution in [0.1, 0.15) is 58.8 Å². The van der Waals surface area contributed by atoms with Crippen LogP contribution in [0.4, 0.5) is 0 Å². The summed E-state index contributed by atoms with van der Waals surface area (Å²) >= 11 is 0. The molecule has 110 valence electrons. The molecule has 1 spiro atoms. The number of hydrogen-bond donors (Lipinski definition) is 1. The van der Waals surface area contributed by atoms with E-state index >= 15 is 0 Å². The van der Waals surface area contributed by atoms with Crippen LogP contribution in [0.15, 0.2) is 0 Å². The summed E-state index contributed by atoms with van der Waals surface area (Å²) in [5.41, 5.74) is 0.245. The minimum absolute atomic E-state index is 0.245. The van der Waals surface area contributed by atoms with E-state index in [0.29, 0.717) is 12.1 Å². The quantitative estimate of drug-likeness (QED) is 0.789. The van der Waals surface area contributed by atoms with E-state index in [1.54, 1.807) is 0 Å². The Labute approximate surface area is 118 Å². The Morgan fingerprint density at radius 3 is 2.74 bits per heavy atom. The Kier molecular flexibility index (Phi) is 4.16. The standard InChI is InChI=1S/C16H30N2O/c1-13-12-18(14(2)11-17-13)15-6-9-19-16(10-15)7-4-3-5-8-16/h13-15,17H,3-12H2,1-2H3. The van der Waals surface area contributed by atoms with Crippen molar-refractivity contribution in [2.24, 2.45) is 0 Å². The summed E-state index contributed by atoms with van der Waals surface area (Å²) < 4.78 is 6.25. The van der Waals surface area contributed by atoms with Crippen molar-refractivity contribution in [3.05, 3.63) is 0 Å². The van der Waals surface area contributed by atoms with Crippen molar-refractivity contribution in [1.82, 2.24) is 10.2 Å². The predicted octanol–water partition coefficient (Wildman–Crippen LogP) is 2.55. The van der Waals surface area contributed by atoms with E-state index in [0.717, 1.165) is 19.2 Å². The molecule has 0 aromatic heterocycles. The molecule has 19 heavy (non-hydrogen) atoms. The summed E-state index contributed by atoms with van der Waals surface area (Å²) in [6, 6.07) is 2.08. The molecule has 3 atom stereocenters. The number of nitrogens with zero attached hydrogens (tertiary/aromatic N) is 1. The molecule has 0 aromatic rings. The molecular weight excluding hydrogens is 236 g/mol. The van der Waals surface area contributed by atoms with Gasteiger partial charge in [-0.25, -0.2) is 0 Å². The summed E-state index contributed by atoms with van der Waals surface area (Å²) in [7, 11) is 0. The maximum absolute atomic E-state index is 6.25. The summed E-state index contributed by atoms with van der Waals surface area (Å²) in [5, 5.41) is 3.60. The van der Waals surface area contributed by atoms with Crippen molar-refractivity contribution >= 4 is 0 Å². The highest BCUT2D eigenvalue weighted by atomic mass is 16.5. The van der Waals surface area contributed by atoms with Crippen LogP contribution in [0.25, 0.3) is 0 Å². The number of rotatable bonds is 1. The van der Waals surface area contributed by atoms with Crippen LogP contribution < -0.4 is 5.32 Å². The van der Waals surface area contributed by atoms with E-state index in [9.17, 15) is 0 Å². The van der Waals surface area contributed by atoms with E-state index < -0.39 is 0 Å². The fraction of sp³-hybridized carbons (Fsp3) is 1.00. The van der Waals surface area contributed by atoms with Gasteiger partial charge in [-0.05, 0) is 39.5 Å². The van der Waals surface area contributed by atoms with Crippen LogP contribution in [-0.4, -0.2) is 48.3 Å². The summed E-state index contributed by atoms with van der Waals surface area (Å²) in [6.07, 6.45) is 9.29. The van der Waals surface area contributed by atoms with E-state index in [4.69, 9.17) is 4.74 Å². The molecule has 2 heterocycles. The third-order valence-electron chi connectivity index (χ3n) is 5.51. The molecular formula is C16H30N2O. The summed E-state index contributed by atoms with van der Waals surface area (Å²) in [5.74, 6) is 0. The van der Waals surface area contributed by atoms with E-state index in [2.05, 4.69) is 24.1 Å². The van der Waals surface area contributed by atoms with Crippen molar-refractivity contribution in [3.8, 4) is 0 Å². The minimum Gasteiger partial charge on any atom is -0.375 e. The van der Waals surface area contributed by atoms with Crippen molar-refractivity contribution < 1.29 is 4.74 Å². The number of nitrogens with one attached hydrogen (secondary N) is 1. The van der Waals surface area contributed by atoms with Crippen LogP contribution in [0, 0.1) is 0 Å². The van der Waals surface area contributed by atoms with Gasteiger partial charge in [0.2, 0.25) is 0 Å². The van der Waals surface area contributed by atoms with Crippen molar-refractivity contribution in [2.45, 2.75) is 82.5 Å². The van der Waals surface area contributed by atoms with Crippen molar-refractivity contribution in [1.29, 1.82) is 0 Å². The first kappa shape index (κ1) is 13.8. The molecule has 3 fully saturated rings. The van der Waals surface area contributed by atoms with E-state index in [-0.39, 0.29) is 5.60 Å². The molecule has 3 unspecified atom stereocenters. The van der Waals surface area contributed by atoms with Crippen LogP contribution in [-0.2, 0) is 4.74 Å². The summed E-state index contributed by atoms with van der Waals surface area (Å²) in [6.45, 7) is 8.03. The molecule has 3 heteroatoms. The van der Waals surface area contributed by atoms with Gasteiger partial charge in [0, 0.05) is 37.8 Å². The molecule has 3 nitrogen and oxygen atoms in total. The van der Waals surface area contributed by atoms with Gasteiger partial charge in [-0.2, -0.15) is 0 Å². The monoisotopic (exact) mass is 266 g/mol. The fourth-order valence-corrected chi connectivity index (χ4v) is 4.39. The van der Waals surface area contributed by atoms with Gasteiger partial charge in [-0.3, -0.25) is 4.90 Å². The van der Waals surface area contributed by atoms with E-state index in [1.807, 2.05) is 0 Å². The fourth-order valence-electron chi connectivity index (χ4n) is 4.39. The van der Waals surface area contributed by atoms with Crippen molar-refractivity contribution in [3.63, 3.8) is 0 Å². The largest absolute Gasteiger partial charge is 0.375 e. The number of ether oxygens (including phenoxy) is 1. The average Bonchev–Trinajstić information content (AvgIpc) is 2.42. The molecule has 3 rings (SSSR count). The van der Waals surface area contributed by atoms with Gasteiger partial charge in [0.05, 0.1) is 5.60 Å². The first-order chi connectivity index (χ1) is 9.19. The van der Waals surface area contributed by atoms with Crippen LogP contribution >= 0.6 is 0 Å². The molecule has 0 radical (unpaired) electrons. The molecule has 2 aliphatic heterocycles. The van der Waals surface area contributed by atoms with Gasteiger partial charge in [0.15, 0.2) is 0 Å². The molecule has 1 saturated carbocycles. The minimum atomic E-state index is 0.245. The lowest BCUT2D eigenvalue weighted by Crippen LogP contribution is -2.60. The third-order valence-corrected chi connectivity index (χ3v) is 5.51. The zero-order valence-electron chi connectivity index (χ0n) is 12.7.